The molecule has 1 fully saturated rings. The predicted octanol–water partition coefficient (Wildman–Crippen LogP) is -1.16. The smallest absolute Gasteiger partial charge is 0.157 e. The molecule has 0 aromatic heterocycles. The lowest BCUT2D eigenvalue weighted by molar-refractivity contribution is -0.226. The van der Waals surface area contributed by atoms with E-state index in [1.54, 1.807) is 6.92 Å². The molecular weight excluding hydrogens is 136 g/mol. The van der Waals surface area contributed by atoms with Crippen molar-refractivity contribution >= 4 is 0 Å². The van der Waals surface area contributed by atoms with Crippen LogP contribution in [0.1, 0.15) is 13.3 Å². The number of hydrogen-bond acceptors (Lipinski definition) is 4. The molecule has 3 N–H and O–H groups in total. The van der Waals surface area contributed by atoms with E-state index in [0.29, 0.717) is 0 Å². The van der Waals surface area contributed by atoms with Gasteiger partial charge in [-0.15, -0.1) is 0 Å². The van der Waals surface area contributed by atoms with Crippen LogP contribution >= 0.6 is 0 Å². The van der Waals surface area contributed by atoms with Crippen molar-refractivity contribution in [2.45, 2.75) is 37.9 Å². The van der Waals surface area contributed by atoms with E-state index >= 15 is 0 Å². The summed E-state index contributed by atoms with van der Waals surface area (Å²) in [6.07, 6.45) is -3.07. The fourth-order valence-electron chi connectivity index (χ4n) is 1.04. The van der Waals surface area contributed by atoms with Gasteiger partial charge in [-0.25, -0.2) is 0 Å². The van der Waals surface area contributed by atoms with Crippen LogP contribution < -0.4 is 0 Å². The van der Waals surface area contributed by atoms with Gasteiger partial charge in [-0.1, -0.05) is 0 Å². The Morgan fingerprint density at radius 3 is 2.40 bits per heavy atom. The van der Waals surface area contributed by atoms with Gasteiger partial charge in [0.1, 0.15) is 6.10 Å². The van der Waals surface area contributed by atoms with Gasteiger partial charge in [0, 0.05) is 6.42 Å². The molecule has 2 unspecified atom stereocenters. The van der Waals surface area contributed by atoms with Gasteiger partial charge in [-0.2, -0.15) is 0 Å². The van der Waals surface area contributed by atoms with Crippen LogP contribution in [-0.2, 0) is 4.74 Å². The van der Waals surface area contributed by atoms with Crippen molar-refractivity contribution in [1.82, 2.24) is 0 Å². The van der Waals surface area contributed by atoms with Crippen LogP contribution in [0.25, 0.3) is 0 Å². The Labute approximate surface area is 59.1 Å². The van der Waals surface area contributed by atoms with E-state index in [-0.39, 0.29) is 6.42 Å². The average Bonchev–Trinajstić information content (AvgIpc) is 1.82. The van der Waals surface area contributed by atoms with Crippen molar-refractivity contribution in [3.05, 3.63) is 0 Å². The molecule has 0 saturated carbocycles. The van der Waals surface area contributed by atoms with Crippen LogP contribution in [0.4, 0.5) is 0 Å². The minimum absolute atomic E-state index is 0.0888. The second-order valence-electron chi connectivity index (χ2n) is 2.59. The fraction of sp³-hybridized carbons (Fsp3) is 1.00. The summed E-state index contributed by atoms with van der Waals surface area (Å²) >= 11 is 0. The molecule has 4 nitrogen and oxygen atoms in total. The minimum Gasteiger partial charge on any atom is -0.390 e. The quantitative estimate of drug-likeness (QED) is 0.405. The molecule has 0 radical (unpaired) electrons. The van der Waals surface area contributed by atoms with E-state index in [4.69, 9.17) is 20.1 Å². The number of ether oxygens (including phenoxy) is 1. The van der Waals surface area contributed by atoms with Crippen molar-refractivity contribution in [2.24, 2.45) is 0 Å². The molecule has 1 aliphatic heterocycles. The molecule has 0 aliphatic carbocycles. The van der Waals surface area contributed by atoms with E-state index in [2.05, 4.69) is 0 Å². The molecule has 0 aromatic carbocycles. The van der Waals surface area contributed by atoms with E-state index in [0.717, 1.165) is 0 Å². The molecule has 0 bridgehead atoms. The molecule has 4 heteroatoms. The highest BCUT2D eigenvalue weighted by molar-refractivity contribution is 4.78. The highest BCUT2D eigenvalue weighted by Gasteiger charge is 2.32. The summed E-state index contributed by atoms with van der Waals surface area (Å²) in [7, 11) is 0. The van der Waals surface area contributed by atoms with Crippen LogP contribution in [0.5, 0.6) is 0 Å². The zero-order valence-corrected chi connectivity index (χ0v) is 5.77. The second kappa shape index (κ2) is 2.84. The van der Waals surface area contributed by atoms with Crippen molar-refractivity contribution < 1.29 is 20.1 Å². The van der Waals surface area contributed by atoms with Gasteiger partial charge in [0.05, 0.1) is 12.2 Å². The normalized spacial score (nSPS) is 49.2. The Morgan fingerprint density at radius 1 is 1.30 bits per heavy atom. The fourth-order valence-corrected chi connectivity index (χ4v) is 1.04. The molecule has 1 aliphatic rings. The van der Waals surface area contributed by atoms with Crippen molar-refractivity contribution in [3.8, 4) is 0 Å². The molecule has 10 heavy (non-hydrogen) atoms. The molecule has 1 saturated heterocycles. The molecule has 4 atom stereocenters. The largest absolute Gasteiger partial charge is 0.390 e. The summed E-state index contributed by atoms with van der Waals surface area (Å²) in [5.74, 6) is 0. The lowest BCUT2D eigenvalue weighted by atomic mass is 10.0. The molecule has 0 spiro atoms. The van der Waals surface area contributed by atoms with Crippen LogP contribution in [0.2, 0.25) is 0 Å². The Bertz CT molecular complexity index is 104. The van der Waals surface area contributed by atoms with Gasteiger partial charge in [0.25, 0.3) is 0 Å². The molecule has 0 aromatic rings. The van der Waals surface area contributed by atoms with Gasteiger partial charge >= 0.3 is 0 Å². The maximum atomic E-state index is 9.08. The first-order valence-corrected chi connectivity index (χ1v) is 3.31. The van der Waals surface area contributed by atoms with E-state index in [1.165, 1.54) is 0 Å². The average molecular weight is 148 g/mol. The maximum absolute atomic E-state index is 9.08. The molecule has 1 heterocycles. The van der Waals surface area contributed by atoms with Gasteiger partial charge in [-0.05, 0) is 6.92 Å². The van der Waals surface area contributed by atoms with Gasteiger partial charge in [0.15, 0.2) is 6.29 Å². The number of aliphatic hydroxyl groups is 3. The number of hydrogen-bond donors (Lipinski definition) is 3. The third-order valence-electron chi connectivity index (χ3n) is 1.69. The first-order chi connectivity index (χ1) is 4.61. The molecular formula is C6H12O4. The molecule has 1 rings (SSSR count). The Morgan fingerprint density at radius 2 is 1.90 bits per heavy atom. The third-order valence-corrected chi connectivity index (χ3v) is 1.69. The summed E-state index contributed by atoms with van der Waals surface area (Å²) in [4.78, 5) is 0. The van der Waals surface area contributed by atoms with Crippen LogP contribution in [0, 0.1) is 0 Å². The van der Waals surface area contributed by atoms with Crippen LogP contribution in [0.15, 0.2) is 0 Å². The van der Waals surface area contributed by atoms with Crippen LogP contribution in [0.3, 0.4) is 0 Å². The van der Waals surface area contributed by atoms with Crippen molar-refractivity contribution in [2.75, 3.05) is 0 Å². The van der Waals surface area contributed by atoms with Gasteiger partial charge in [0.2, 0.25) is 0 Å². The predicted molar refractivity (Wildman–Crippen MR) is 33.2 cm³/mol. The van der Waals surface area contributed by atoms with Gasteiger partial charge in [-0.3, -0.25) is 0 Å². The number of rotatable bonds is 0. The molecule has 0 amide bonds. The van der Waals surface area contributed by atoms with E-state index < -0.39 is 24.6 Å². The zero-order chi connectivity index (χ0) is 7.72. The second-order valence-corrected chi connectivity index (χ2v) is 2.59. The standard InChI is InChI=1S/C6H12O4/c1-3-6(9)4(7)2-5(8)10-3/h3-9H,2H2,1H3/t3?,4?,5-,6+/m1/s1. The summed E-state index contributed by atoms with van der Waals surface area (Å²) in [5, 5.41) is 27.0. The maximum Gasteiger partial charge on any atom is 0.157 e. The highest BCUT2D eigenvalue weighted by Crippen LogP contribution is 2.17. The summed E-state index contributed by atoms with van der Waals surface area (Å²) in [6, 6.07) is 0. The first kappa shape index (κ1) is 7.94. The number of aliphatic hydroxyl groups excluding tert-OH is 3. The summed E-state index contributed by atoms with van der Waals surface area (Å²) < 4.78 is 4.81. The van der Waals surface area contributed by atoms with Crippen molar-refractivity contribution in [3.63, 3.8) is 0 Å². The SMILES string of the molecule is CC1O[C@@H](O)CC(O)[C@H]1O. The third kappa shape index (κ3) is 1.46. The summed E-state index contributed by atoms with van der Waals surface area (Å²) in [6.45, 7) is 1.61. The Hall–Kier alpha value is -0.160. The van der Waals surface area contributed by atoms with E-state index in [1.807, 2.05) is 0 Å². The Kier molecular flexibility index (Phi) is 2.25. The minimum atomic E-state index is -0.937. The monoisotopic (exact) mass is 148 g/mol. The topological polar surface area (TPSA) is 69.9 Å². The van der Waals surface area contributed by atoms with Crippen LogP contribution in [-0.4, -0.2) is 39.9 Å². The lowest BCUT2D eigenvalue weighted by Crippen LogP contribution is -2.46. The lowest BCUT2D eigenvalue weighted by Gasteiger charge is -2.32. The van der Waals surface area contributed by atoms with Crippen molar-refractivity contribution in [1.29, 1.82) is 0 Å². The zero-order valence-electron chi connectivity index (χ0n) is 5.77. The molecule has 60 valence electrons. The Balaban J connectivity index is 2.49. The van der Waals surface area contributed by atoms with Gasteiger partial charge < -0.3 is 20.1 Å². The first-order valence-electron chi connectivity index (χ1n) is 3.31. The summed E-state index contributed by atoms with van der Waals surface area (Å²) in [5.41, 5.74) is 0. The van der Waals surface area contributed by atoms with E-state index in [9.17, 15) is 0 Å². The highest BCUT2D eigenvalue weighted by atomic mass is 16.6.